The topological polar surface area (TPSA) is 64.0 Å². The summed E-state index contributed by atoms with van der Waals surface area (Å²) < 4.78 is 29.4. The van der Waals surface area contributed by atoms with Crippen LogP contribution < -0.4 is 4.72 Å². The Bertz CT molecular complexity index is 672. The smallest absolute Gasteiger partial charge is 0.261 e. The predicted molar refractivity (Wildman–Crippen MR) is 79.4 cm³/mol. The first-order chi connectivity index (χ1) is 9.97. The third-order valence-electron chi connectivity index (χ3n) is 5.82. The maximum absolute atomic E-state index is 12.5. The molecule has 1 aromatic heterocycles. The van der Waals surface area contributed by atoms with Gasteiger partial charge in [0.25, 0.3) is 10.0 Å². The minimum Gasteiger partial charge on any atom is -0.324 e. The van der Waals surface area contributed by atoms with Crippen LogP contribution in [-0.2, 0) is 17.1 Å². The summed E-state index contributed by atoms with van der Waals surface area (Å²) in [5, 5.41) is 0.127. The number of hydrogen-bond acceptors (Lipinski definition) is 3. The highest BCUT2D eigenvalue weighted by molar-refractivity contribution is 7.89. The number of aryl methyl sites for hydroxylation is 1. The summed E-state index contributed by atoms with van der Waals surface area (Å²) in [7, 11) is -1.93. The Labute approximate surface area is 130 Å². The van der Waals surface area contributed by atoms with Crippen molar-refractivity contribution < 1.29 is 8.42 Å². The Balaban J connectivity index is 1.56. The predicted octanol–water partition coefficient (Wildman–Crippen LogP) is 2.18. The molecule has 0 radical (unpaired) electrons. The average Bonchev–Trinajstić information content (AvgIpc) is 3.12. The zero-order valence-corrected chi connectivity index (χ0v) is 13.6. The third-order valence-corrected chi connectivity index (χ3v) is 7.80. The first kappa shape index (κ1) is 14.0. The van der Waals surface area contributed by atoms with Crippen LogP contribution in [0.3, 0.4) is 0 Å². The van der Waals surface area contributed by atoms with E-state index in [1.54, 1.807) is 7.05 Å². The number of aromatic nitrogens is 2. The molecule has 1 heterocycles. The molecule has 3 fully saturated rings. The van der Waals surface area contributed by atoms with E-state index in [2.05, 4.69) is 9.71 Å². The highest BCUT2D eigenvalue weighted by Crippen LogP contribution is 2.58. The number of nitrogens with zero attached hydrogens (tertiary/aromatic N) is 2. The minimum atomic E-state index is -3.62. The van der Waals surface area contributed by atoms with Gasteiger partial charge >= 0.3 is 0 Å². The molecular weight excluding hydrogens is 310 g/mol. The second-order valence-corrected chi connectivity index (χ2v) is 8.82. The fraction of sp³-hybridized carbons (Fsp3) is 0.786. The highest BCUT2D eigenvalue weighted by Gasteiger charge is 2.54. The number of sulfonamides is 1. The van der Waals surface area contributed by atoms with Gasteiger partial charge < -0.3 is 4.57 Å². The monoisotopic (exact) mass is 329 g/mol. The molecule has 3 aliphatic carbocycles. The lowest BCUT2D eigenvalue weighted by atomic mass is 9.79. The lowest BCUT2D eigenvalue weighted by molar-refractivity contribution is 0.224. The van der Waals surface area contributed by atoms with Gasteiger partial charge in [0.1, 0.15) is 5.15 Å². The van der Waals surface area contributed by atoms with Gasteiger partial charge in [-0.1, -0.05) is 18.0 Å². The standard InChI is InChI=1S/C14H20ClN3O2S/c1-18-7-16-14(13(18)15)21(19,20)17-12-6-8-5-11(12)10-4-2-3-9(8)10/h7-12,17H,2-6H2,1H3/t8-,9-,10+,11+,12-/m1/s1. The van der Waals surface area contributed by atoms with Crippen LogP contribution in [-0.4, -0.2) is 24.0 Å². The second kappa shape index (κ2) is 4.70. The quantitative estimate of drug-likeness (QED) is 0.924. The van der Waals surface area contributed by atoms with Crippen LogP contribution in [0.1, 0.15) is 32.1 Å². The first-order valence-corrected chi connectivity index (χ1v) is 9.52. The van der Waals surface area contributed by atoms with E-state index in [1.807, 2.05) is 0 Å². The summed E-state index contributed by atoms with van der Waals surface area (Å²) in [5.74, 6) is 2.82. The zero-order valence-electron chi connectivity index (χ0n) is 12.0. The van der Waals surface area contributed by atoms with Crippen molar-refractivity contribution in [3.05, 3.63) is 11.5 Å². The van der Waals surface area contributed by atoms with Crippen molar-refractivity contribution in [3.63, 3.8) is 0 Å². The molecule has 21 heavy (non-hydrogen) atoms. The van der Waals surface area contributed by atoms with E-state index in [4.69, 9.17) is 11.6 Å². The van der Waals surface area contributed by atoms with Crippen molar-refractivity contribution >= 4 is 21.6 Å². The Morgan fingerprint density at radius 3 is 2.76 bits per heavy atom. The van der Waals surface area contributed by atoms with Crippen LogP contribution in [0.15, 0.2) is 11.4 Å². The average molecular weight is 330 g/mol. The minimum absolute atomic E-state index is 0.0441. The molecule has 0 unspecified atom stereocenters. The van der Waals surface area contributed by atoms with E-state index < -0.39 is 10.0 Å². The highest BCUT2D eigenvalue weighted by atomic mass is 35.5. The van der Waals surface area contributed by atoms with E-state index in [1.165, 1.54) is 36.6 Å². The van der Waals surface area contributed by atoms with E-state index in [9.17, 15) is 8.42 Å². The molecule has 3 aliphatic rings. The molecule has 1 aromatic rings. The van der Waals surface area contributed by atoms with E-state index in [-0.39, 0.29) is 16.2 Å². The Kier molecular flexibility index (Phi) is 3.14. The van der Waals surface area contributed by atoms with Crippen molar-refractivity contribution in [1.29, 1.82) is 0 Å². The van der Waals surface area contributed by atoms with Crippen molar-refractivity contribution in [2.75, 3.05) is 0 Å². The normalized spacial score (nSPS) is 38.1. The number of nitrogens with one attached hydrogen (secondary N) is 1. The zero-order chi connectivity index (χ0) is 14.8. The van der Waals surface area contributed by atoms with E-state index in [0.29, 0.717) is 5.92 Å². The van der Waals surface area contributed by atoms with Gasteiger partial charge in [-0.3, -0.25) is 0 Å². The van der Waals surface area contributed by atoms with Crippen LogP contribution in [0, 0.1) is 23.7 Å². The Morgan fingerprint density at radius 1 is 1.29 bits per heavy atom. The van der Waals surface area contributed by atoms with Gasteiger partial charge in [0.2, 0.25) is 5.03 Å². The van der Waals surface area contributed by atoms with Crippen molar-refractivity contribution in [2.24, 2.45) is 30.7 Å². The number of rotatable bonds is 3. The van der Waals surface area contributed by atoms with Gasteiger partial charge in [-0.05, 0) is 49.4 Å². The Morgan fingerprint density at radius 2 is 2.05 bits per heavy atom. The molecular formula is C14H20ClN3O2S. The molecule has 5 atom stereocenters. The first-order valence-electron chi connectivity index (χ1n) is 7.66. The van der Waals surface area contributed by atoms with Gasteiger partial charge in [-0.25, -0.2) is 18.1 Å². The van der Waals surface area contributed by atoms with Crippen LogP contribution in [0.2, 0.25) is 5.15 Å². The maximum atomic E-state index is 12.5. The number of hydrogen-bond donors (Lipinski definition) is 1. The SMILES string of the molecule is Cn1cnc(S(=O)(=O)N[C@@H]2C[C@H]3C[C@H]2[C@H]2CCC[C@H]32)c1Cl. The van der Waals surface area contributed by atoms with Gasteiger partial charge in [-0.15, -0.1) is 0 Å². The van der Waals surface area contributed by atoms with E-state index in [0.717, 1.165) is 24.2 Å². The summed E-state index contributed by atoms with van der Waals surface area (Å²) >= 11 is 6.03. The number of fused-ring (bicyclic) bond motifs is 5. The number of halogens is 1. The fourth-order valence-corrected chi connectivity index (χ4v) is 6.76. The molecule has 0 saturated heterocycles. The molecule has 4 rings (SSSR count). The molecule has 3 saturated carbocycles. The molecule has 1 N–H and O–H groups in total. The summed E-state index contributed by atoms with van der Waals surface area (Å²) in [6, 6.07) is 0.0671. The van der Waals surface area contributed by atoms with Crippen molar-refractivity contribution in [3.8, 4) is 0 Å². The maximum Gasteiger partial charge on any atom is 0.261 e. The summed E-state index contributed by atoms with van der Waals surface area (Å²) in [4.78, 5) is 3.94. The van der Waals surface area contributed by atoms with Gasteiger partial charge in [0.05, 0.1) is 6.33 Å². The lowest BCUT2D eigenvalue weighted by Crippen LogP contribution is -2.42. The molecule has 0 aromatic carbocycles. The molecule has 5 nitrogen and oxygen atoms in total. The molecule has 0 spiro atoms. The largest absolute Gasteiger partial charge is 0.324 e. The Hall–Kier alpha value is -0.590. The molecule has 7 heteroatoms. The van der Waals surface area contributed by atoms with Gasteiger partial charge in [0.15, 0.2) is 0 Å². The summed E-state index contributed by atoms with van der Waals surface area (Å²) in [6.45, 7) is 0. The summed E-state index contributed by atoms with van der Waals surface area (Å²) in [5.41, 5.74) is 0. The second-order valence-electron chi connectivity index (χ2n) is 6.83. The van der Waals surface area contributed by atoms with Gasteiger partial charge in [0, 0.05) is 13.1 Å². The molecule has 0 aliphatic heterocycles. The molecule has 2 bridgehead atoms. The van der Waals surface area contributed by atoms with Crippen LogP contribution >= 0.6 is 11.6 Å². The molecule has 0 amide bonds. The van der Waals surface area contributed by atoms with Crippen LogP contribution in [0.5, 0.6) is 0 Å². The summed E-state index contributed by atoms with van der Waals surface area (Å²) in [6.07, 6.45) is 7.54. The molecule has 116 valence electrons. The van der Waals surface area contributed by atoms with Crippen molar-refractivity contribution in [2.45, 2.75) is 43.2 Å². The van der Waals surface area contributed by atoms with Crippen LogP contribution in [0.4, 0.5) is 0 Å². The number of imidazole rings is 1. The van der Waals surface area contributed by atoms with E-state index >= 15 is 0 Å². The van der Waals surface area contributed by atoms with Crippen LogP contribution in [0.25, 0.3) is 0 Å². The van der Waals surface area contributed by atoms with Crippen molar-refractivity contribution in [1.82, 2.24) is 14.3 Å². The third kappa shape index (κ3) is 2.06. The fourth-order valence-electron chi connectivity index (χ4n) is 5.03. The van der Waals surface area contributed by atoms with Gasteiger partial charge in [-0.2, -0.15) is 0 Å². The lowest BCUT2D eigenvalue weighted by Gasteiger charge is -2.31.